The van der Waals surface area contributed by atoms with Gasteiger partial charge in [-0.15, -0.1) is 24.0 Å². The molecule has 0 aromatic heterocycles. The summed E-state index contributed by atoms with van der Waals surface area (Å²) in [5.41, 5.74) is 1.41. The fraction of sp³-hybridized carbons (Fsp3) is 0.667. The first-order valence-electron chi connectivity index (χ1n) is 10.3. The van der Waals surface area contributed by atoms with Gasteiger partial charge in [-0.1, -0.05) is 37.3 Å². The Morgan fingerprint density at radius 2 is 1.85 bits per heavy atom. The van der Waals surface area contributed by atoms with Crippen LogP contribution in [0.2, 0.25) is 0 Å². The number of aliphatic imine (C=N–C) groups is 1. The zero-order chi connectivity index (χ0) is 18.2. The molecule has 2 aliphatic rings. The molecule has 152 valence electrons. The van der Waals surface area contributed by atoms with Crippen LogP contribution >= 0.6 is 24.0 Å². The predicted molar refractivity (Wildman–Crippen MR) is 125 cm³/mol. The molecule has 0 aliphatic carbocycles. The SMILES string of the molecule is CCN1CCCC1CNC(=NC)NC1CCN(Cc2ccccc2)CC1.I. The molecule has 1 aromatic carbocycles. The van der Waals surface area contributed by atoms with Crippen molar-refractivity contribution in [1.82, 2.24) is 20.4 Å². The zero-order valence-electron chi connectivity index (χ0n) is 16.9. The summed E-state index contributed by atoms with van der Waals surface area (Å²) in [4.78, 5) is 9.57. The molecular formula is C21H36IN5. The van der Waals surface area contributed by atoms with Crippen molar-refractivity contribution in [3.63, 3.8) is 0 Å². The third kappa shape index (κ3) is 6.91. The molecule has 2 N–H and O–H groups in total. The molecule has 6 heteroatoms. The van der Waals surface area contributed by atoms with Crippen LogP contribution in [0.5, 0.6) is 0 Å². The van der Waals surface area contributed by atoms with Crippen LogP contribution in [0, 0.1) is 0 Å². The summed E-state index contributed by atoms with van der Waals surface area (Å²) < 4.78 is 0. The fourth-order valence-electron chi connectivity index (χ4n) is 4.22. The van der Waals surface area contributed by atoms with Gasteiger partial charge in [-0.25, -0.2) is 0 Å². The Morgan fingerprint density at radius 1 is 1.11 bits per heavy atom. The minimum Gasteiger partial charge on any atom is -0.355 e. The lowest BCUT2D eigenvalue weighted by atomic mass is 10.0. The average molecular weight is 485 g/mol. The van der Waals surface area contributed by atoms with E-state index in [9.17, 15) is 0 Å². The van der Waals surface area contributed by atoms with Crippen molar-refractivity contribution < 1.29 is 0 Å². The Bertz CT molecular complexity index is 557. The number of hydrogen-bond acceptors (Lipinski definition) is 3. The summed E-state index contributed by atoms with van der Waals surface area (Å²) in [6.45, 7) is 9.02. The van der Waals surface area contributed by atoms with Crippen LogP contribution in [0.4, 0.5) is 0 Å². The van der Waals surface area contributed by atoms with Crippen molar-refractivity contribution in [3.8, 4) is 0 Å². The van der Waals surface area contributed by atoms with E-state index >= 15 is 0 Å². The summed E-state index contributed by atoms with van der Waals surface area (Å²) >= 11 is 0. The standard InChI is InChI=1S/C21H35N5.HI/c1-3-26-13-7-10-20(26)16-23-21(22-2)24-19-11-14-25(15-12-19)17-18-8-5-4-6-9-18;/h4-6,8-9,19-20H,3,7,10-17H2,1-2H3,(H2,22,23,24);1H. The molecule has 0 bridgehead atoms. The third-order valence-electron chi connectivity index (χ3n) is 5.81. The Hall–Kier alpha value is -0.860. The minimum atomic E-state index is 0. The van der Waals surface area contributed by atoms with Gasteiger partial charge in [0.15, 0.2) is 5.96 Å². The molecule has 0 amide bonds. The van der Waals surface area contributed by atoms with Crippen molar-refractivity contribution in [3.05, 3.63) is 35.9 Å². The number of nitrogens with one attached hydrogen (secondary N) is 2. The lowest BCUT2D eigenvalue weighted by Gasteiger charge is -2.33. The zero-order valence-corrected chi connectivity index (χ0v) is 19.2. The van der Waals surface area contributed by atoms with Gasteiger partial charge < -0.3 is 10.6 Å². The molecule has 2 aliphatic heterocycles. The molecule has 1 aromatic rings. The maximum Gasteiger partial charge on any atom is 0.191 e. The van der Waals surface area contributed by atoms with Crippen molar-refractivity contribution in [2.45, 2.75) is 51.2 Å². The first-order chi connectivity index (χ1) is 12.8. The normalized spacial score (nSPS) is 22.4. The number of piperidine rings is 1. The number of hydrogen-bond donors (Lipinski definition) is 2. The molecule has 1 atom stereocenters. The van der Waals surface area contributed by atoms with Crippen molar-refractivity contribution in [1.29, 1.82) is 0 Å². The molecule has 0 spiro atoms. The Labute approximate surface area is 182 Å². The van der Waals surface area contributed by atoms with E-state index in [1.54, 1.807) is 0 Å². The van der Waals surface area contributed by atoms with Crippen LogP contribution in [-0.2, 0) is 6.54 Å². The first kappa shape index (κ1) is 22.4. The second-order valence-corrected chi connectivity index (χ2v) is 7.56. The van der Waals surface area contributed by atoms with Crippen LogP contribution < -0.4 is 10.6 Å². The van der Waals surface area contributed by atoms with Crippen LogP contribution in [0.15, 0.2) is 35.3 Å². The second-order valence-electron chi connectivity index (χ2n) is 7.56. The molecule has 0 radical (unpaired) electrons. The number of likely N-dealkylation sites (N-methyl/N-ethyl adjacent to an activating group) is 1. The number of rotatable bonds is 6. The highest BCUT2D eigenvalue weighted by Crippen LogP contribution is 2.16. The number of likely N-dealkylation sites (tertiary alicyclic amines) is 2. The Morgan fingerprint density at radius 3 is 2.52 bits per heavy atom. The first-order valence-corrected chi connectivity index (χ1v) is 10.3. The van der Waals surface area contributed by atoms with E-state index < -0.39 is 0 Å². The van der Waals surface area contributed by atoms with Gasteiger partial charge in [0, 0.05) is 45.3 Å². The third-order valence-corrected chi connectivity index (χ3v) is 5.81. The number of nitrogens with zero attached hydrogens (tertiary/aromatic N) is 3. The highest BCUT2D eigenvalue weighted by Gasteiger charge is 2.24. The van der Waals surface area contributed by atoms with E-state index in [1.807, 2.05) is 7.05 Å². The Balaban J connectivity index is 0.00000261. The summed E-state index contributed by atoms with van der Waals surface area (Å²) in [6, 6.07) is 12.0. The van der Waals surface area contributed by atoms with Gasteiger partial charge in [-0.2, -0.15) is 0 Å². The summed E-state index contributed by atoms with van der Waals surface area (Å²) in [7, 11) is 1.88. The summed E-state index contributed by atoms with van der Waals surface area (Å²) in [6.07, 6.45) is 4.98. The Kier molecular flexibility index (Phi) is 9.86. The fourth-order valence-corrected chi connectivity index (χ4v) is 4.22. The molecule has 1 unspecified atom stereocenters. The van der Waals surface area contributed by atoms with Crippen molar-refractivity contribution in [2.24, 2.45) is 4.99 Å². The van der Waals surface area contributed by atoms with Crippen LogP contribution in [-0.4, -0.2) is 67.6 Å². The van der Waals surface area contributed by atoms with E-state index in [1.165, 1.54) is 37.8 Å². The number of halogens is 1. The molecule has 2 saturated heterocycles. The smallest absolute Gasteiger partial charge is 0.191 e. The molecule has 2 fully saturated rings. The van der Waals surface area contributed by atoms with E-state index in [0.29, 0.717) is 12.1 Å². The lowest BCUT2D eigenvalue weighted by Crippen LogP contribution is -2.50. The van der Waals surface area contributed by atoms with Crippen molar-refractivity contribution in [2.75, 3.05) is 39.8 Å². The summed E-state index contributed by atoms with van der Waals surface area (Å²) in [5.74, 6) is 0.967. The second kappa shape index (κ2) is 11.9. The van der Waals surface area contributed by atoms with Crippen LogP contribution in [0.25, 0.3) is 0 Å². The quantitative estimate of drug-likeness (QED) is 0.370. The number of guanidine groups is 1. The van der Waals surface area contributed by atoms with Gasteiger partial charge in [0.05, 0.1) is 0 Å². The largest absolute Gasteiger partial charge is 0.355 e. The monoisotopic (exact) mass is 485 g/mol. The van der Waals surface area contributed by atoms with Gasteiger partial charge in [0.2, 0.25) is 0 Å². The van der Waals surface area contributed by atoms with Gasteiger partial charge in [-0.3, -0.25) is 14.8 Å². The lowest BCUT2D eigenvalue weighted by molar-refractivity contribution is 0.198. The molecule has 2 heterocycles. The maximum atomic E-state index is 4.44. The van der Waals surface area contributed by atoms with E-state index in [0.717, 1.165) is 38.7 Å². The molecule has 27 heavy (non-hydrogen) atoms. The molecule has 0 saturated carbocycles. The van der Waals surface area contributed by atoms with Gasteiger partial charge in [0.1, 0.15) is 0 Å². The maximum absolute atomic E-state index is 4.44. The van der Waals surface area contributed by atoms with Gasteiger partial charge >= 0.3 is 0 Å². The minimum absolute atomic E-state index is 0. The molecule has 3 rings (SSSR count). The highest BCUT2D eigenvalue weighted by atomic mass is 127. The molecule has 5 nitrogen and oxygen atoms in total. The number of benzene rings is 1. The predicted octanol–water partition coefficient (Wildman–Crippen LogP) is 2.92. The van der Waals surface area contributed by atoms with E-state index in [-0.39, 0.29) is 24.0 Å². The average Bonchev–Trinajstić information content (AvgIpc) is 3.15. The highest BCUT2D eigenvalue weighted by molar-refractivity contribution is 14.0. The van der Waals surface area contributed by atoms with Crippen molar-refractivity contribution >= 4 is 29.9 Å². The summed E-state index contributed by atoms with van der Waals surface area (Å²) in [5, 5.41) is 7.20. The topological polar surface area (TPSA) is 42.9 Å². The van der Waals surface area contributed by atoms with Gasteiger partial charge in [0.25, 0.3) is 0 Å². The van der Waals surface area contributed by atoms with E-state index in [4.69, 9.17) is 0 Å². The van der Waals surface area contributed by atoms with Gasteiger partial charge in [-0.05, 0) is 44.3 Å². The molecular weight excluding hydrogens is 449 g/mol. The van der Waals surface area contributed by atoms with Crippen LogP contribution in [0.3, 0.4) is 0 Å². The van der Waals surface area contributed by atoms with Crippen LogP contribution in [0.1, 0.15) is 38.2 Å². The van der Waals surface area contributed by atoms with E-state index in [2.05, 4.69) is 62.7 Å².